The van der Waals surface area contributed by atoms with Crippen molar-refractivity contribution in [3.63, 3.8) is 0 Å². The van der Waals surface area contributed by atoms with E-state index in [1.807, 2.05) is 11.8 Å². The van der Waals surface area contributed by atoms with Crippen LogP contribution in [-0.4, -0.2) is 0 Å². The first-order chi connectivity index (χ1) is 23.8. The second-order valence-corrected chi connectivity index (χ2v) is 13.5. The highest BCUT2D eigenvalue weighted by Gasteiger charge is 2.24. The predicted molar refractivity (Wildman–Crippen MR) is 210 cm³/mol. The van der Waals surface area contributed by atoms with Crippen molar-refractivity contribution in [3.8, 4) is 0 Å². The summed E-state index contributed by atoms with van der Waals surface area (Å²) in [5.74, 6) is 0. The first-order valence-electron chi connectivity index (χ1n) is 16.7. The number of para-hydroxylation sites is 1. The summed E-state index contributed by atoms with van der Waals surface area (Å²) >= 11 is 1.91. The van der Waals surface area contributed by atoms with Crippen molar-refractivity contribution in [2.24, 2.45) is 0 Å². The average molecular weight is 632 g/mol. The Hall–Kier alpha value is -5.57. The van der Waals surface area contributed by atoms with E-state index in [9.17, 15) is 0 Å². The average Bonchev–Trinajstić information content (AvgIpc) is 3.17. The molecule has 7 aromatic rings. The number of hydrogen-bond acceptors (Lipinski definition) is 2. The monoisotopic (exact) mass is 631 g/mol. The number of hydrogen-bond donors (Lipinski definition) is 1. The fraction of sp³-hybridized carbons (Fsp3) is 0.0435. The van der Waals surface area contributed by atoms with E-state index in [-0.39, 0.29) is 0 Å². The fourth-order valence-electron chi connectivity index (χ4n) is 7.37. The number of thioether (sulfide) groups is 1. The lowest BCUT2D eigenvalue weighted by molar-refractivity contribution is 1.05. The lowest BCUT2D eigenvalue weighted by Gasteiger charge is -2.25. The van der Waals surface area contributed by atoms with Gasteiger partial charge in [0.05, 0.1) is 0 Å². The van der Waals surface area contributed by atoms with Crippen molar-refractivity contribution in [3.05, 3.63) is 197 Å². The van der Waals surface area contributed by atoms with E-state index < -0.39 is 0 Å². The smallest absolute Gasteiger partial charge is 0.0456 e. The van der Waals surface area contributed by atoms with E-state index >= 15 is 0 Å². The van der Waals surface area contributed by atoms with E-state index in [0.717, 1.165) is 24.1 Å². The van der Waals surface area contributed by atoms with Crippen LogP contribution >= 0.6 is 11.8 Å². The molecule has 0 atom stereocenters. The van der Waals surface area contributed by atoms with Crippen molar-refractivity contribution >= 4 is 71.4 Å². The fourth-order valence-corrected chi connectivity index (χ4v) is 8.67. The van der Waals surface area contributed by atoms with E-state index in [2.05, 4.69) is 175 Å². The molecule has 1 aliphatic carbocycles. The molecule has 0 spiro atoms. The predicted octanol–water partition coefficient (Wildman–Crippen LogP) is 13.0. The number of anilines is 1. The van der Waals surface area contributed by atoms with E-state index in [0.29, 0.717) is 0 Å². The van der Waals surface area contributed by atoms with Crippen LogP contribution in [0.15, 0.2) is 175 Å². The summed E-state index contributed by atoms with van der Waals surface area (Å²) in [6.45, 7) is 0. The Morgan fingerprint density at radius 2 is 1.08 bits per heavy atom. The normalized spacial score (nSPS) is 17.5. The summed E-state index contributed by atoms with van der Waals surface area (Å²) in [6, 6.07) is 55.3. The molecule has 0 saturated carbocycles. The van der Waals surface area contributed by atoms with E-state index in [1.54, 1.807) is 0 Å². The molecule has 0 bridgehead atoms. The number of nitrogens with one attached hydrogen (secondary N) is 1. The molecule has 0 radical (unpaired) electrons. The summed E-state index contributed by atoms with van der Waals surface area (Å²) in [6.07, 6.45) is 8.96. The van der Waals surface area contributed by atoms with Gasteiger partial charge in [-0.15, -0.1) is 0 Å². The minimum absolute atomic E-state index is 1.01. The summed E-state index contributed by atoms with van der Waals surface area (Å²) in [5, 5.41) is 11.5. The van der Waals surface area contributed by atoms with Crippen LogP contribution in [0.3, 0.4) is 0 Å². The van der Waals surface area contributed by atoms with Crippen LogP contribution in [0.2, 0.25) is 0 Å². The van der Waals surface area contributed by atoms with Crippen LogP contribution in [0.4, 0.5) is 5.69 Å². The second-order valence-electron chi connectivity index (χ2n) is 12.4. The summed E-state index contributed by atoms with van der Waals surface area (Å²) in [4.78, 5) is 2.55. The molecule has 2 heteroatoms. The van der Waals surface area contributed by atoms with Gasteiger partial charge >= 0.3 is 0 Å². The highest BCUT2D eigenvalue weighted by molar-refractivity contribution is 8.12. The zero-order valence-electron chi connectivity index (χ0n) is 26.5. The molecular weight excluding hydrogens is 599 g/mol. The largest absolute Gasteiger partial charge is 0.361 e. The van der Waals surface area contributed by atoms with Gasteiger partial charge in [-0.05, 0) is 79.6 Å². The second kappa shape index (κ2) is 12.2. The topological polar surface area (TPSA) is 12.0 Å². The quantitative estimate of drug-likeness (QED) is 0.195. The molecule has 9 rings (SSSR count). The molecule has 1 N–H and O–H groups in total. The molecule has 0 saturated heterocycles. The minimum atomic E-state index is 1.01. The van der Waals surface area contributed by atoms with Gasteiger partial charge < -0.3 is 5.32 Å². The molecule has 0 unspecified atom stereocenters. The zero-order chi connectivity index (χ0) is 31.9. The van der Waals surface area contributed by atoms with Gasteiger partial charge in [0.1, 0.15) is 0 Å². The van der Waals surface area contributed by atoms with Gasteiger partial charge in [0.15, 0.2) is 0 Å². The van der Waals surface area contributed by atoms with Crippen molar-refractivity contribution < 1.29 is 0 Å². The molecule has 2 aliphatic rings. The first-order valence-corrected chi connectivity index (χ1v) is 17.5. The molecule has 1 heterocycles. The number of fused-ring (bicyclic) bond motifs is 8. The number of benzene rings is 7. The van der Waals surface area contributed by atoms with Crippen molar-refractivity contribution in [1.82, 2.24) is 0 Å². The third-order valence-corrected chi connectivity index (χ3v) is 10.9. The highest BCUT2D eigenvalue weighted by Crippen LogP contribution is 2.50. The van der Waals surface area contributed by atoms with E-state index in [4.69, 9.17) is 0 Å². The Kier molecular flexibility index (Phi) is 7.29. The van der Waals surface area contributed by atoms with Gasteiger partial charge in [0.2, 0.25) is 0 Å². The Morgan fingerprint density at radius 1 is 0.500 bits per heavy atom. The van der Waals surface area contributed by atoms with Gasteiger partial charge in [-0.25, -0.2) is 0 Å². The van der Waals surface area contributed by atoms with Gasteiger partial charge in [-0.3, -0.25) is 0 Å². The van der Waals surface area contributed by atoms with Gasteiger partial charge in [-0.2, -0.15) is 0 Å². The van der Waals surface area contributed by atoms with Crippen molar-refractivity contribution in [2.45, 2.75) is 12.8 Å². The zero-order valence-corrected chi connectivity index (χ0v) is 27.3. The van der Waals surface area contributed by atoms with E-state index in [1.165, 1.54) is 75.5 Å². The Morgan fingerprint density at radius 3 is 1.79 bits per heavy atom. The van der Waals surface area contributed by atoms with Crippen LogP contribution in [0.25, 0.3) is 53.9 Å². The maximum absolute atomic E-state index is 3.80. The summed E-state index contributed by atoms with van der Waals surface area (Å²) in [7, 11) is 0. The number of rotatable bonds is 3. The van der Waals surface area contributed by atoms with Crippen LogP contribution in [0, 0.1) is 0 Å². The molecule has 0 fully saturated rings. The Bertz CT molecular complexity index is 2450. The van der Waals surface area contributed by atoms with Crippen molar-refractivity contribution in [1.29, 1.82) is 0 Å². The van der Waals surface area contributed by atoms with Gasteiger partial charge in [0.25, 0.3) is 0 Å². The Labute approximate surface area is 285 Å². The summed E-state index contributed by atoms with van der Waals surface area (Å²) in [5.41, 5.74) is 9.75. The molecule has 48 heavy (non-hydrogen) atoms. The minimum Gasteiger partial charge on any atom is -0.361 e. The molecule has 7 aromatic carbocycles. The third-order valence-electron chi connectivity index (χ3n) is 9.61. The van der Waals surface area contributed by atoms with Crippen LogP contribution < -0.4 is 5.32 Å². The standard InChI is InChI=1S/C46H33NS/c1-3-15-31(16-4-1)42-30-47-43-25-13-11-23-39(43)40-24-12-14-26-44(40)48-46(45(42)32-17-5-2-6-18-32)33-27-28-38-36-21-8-7-19-34(36)35-20-9-10-22-37(35)41(38)29-33/h1-11,13-23,25-30,47H,12,24H2/b42-30+,46-45-. The molecule has 0 amide bonds. The maximum Gasteiger partial charge on any atom is 0.0456 e. The lowest BCUT2D eigenvalue weighted by atomic mass is 9.89. The molecule has 1 aliphatic heterocycles. The van der Waals surface area contributed by atoms with Gasteiger partial charge in [-0.1, -0.05) is 163 Å². The van der Waals surface area contributed by atoms with Crippen LogP contribution in [-0.2, 0) is 0 Å². The van der Waals surface area contributed by atoms with Crippen LogP contribution in [0.5, 0.6) is 0 Å². The number of allylic oxidation sites excluding steroid dienone is 5. The first kappa shape index (κ1) is 28.6. The summed E-state index contributed by atoms with van der Waals surface area (Å²) < 4.78 is 0. The molecule has 228 valence electrons. The molecule has 0 aromatic heterocycles. The lowest BCUT2D eigenvalue weighted by Crippen LogP contribution is -2.04. The van der Waals surface area contributed by atoms with Crippen molar-refractivity contribution in [2.75, 3.05) is 5.32 Å². The molecular formula is C46H33NS. The van der Waals surface area contributed by atoms with Gasteiger partial charge in [0, 0.05) is 38.4 Å². The third kappa shape index (κ3) is 4.97. The molecule has 1 nitrogen and oxygen atoms in total. The van der Waals surface area contributed by atoms with Crippen LogP contribution in [0.1, 0.15) is 35.1 Å². The maximum atomic E-state index is 3.80. The highest BCUT2D eigenvalue weighted by atomic mass is 32.2. The SMILES string of the molecule is C1=CC2=C(CC1)c1ccccc1N/C=C(c1ccccc1)/C(c1ccccc1)=C(/c1ccc3c4ccccc4c4ccccc4c3c1)S2. The Balaban J connectivity index is 1.41.